The Kier molecular flexibility index (Phi) is 2.48. The highest BCUT2D eigenvalue weighted by Gasteiger charge is 2.16. The van der Waals surface area contributed by atoms with Gasteiger partial charge in [-0.2, -0.15) is 0 Å². The molecule has 1 rings (SSSR count). The van der Waals surface area contributed by atoms with Gasteiger partial charge in [-0.15, -0.1) is 0 Å². The maximum absolute atomic E-state index is 10.6. The molecule has 0 aromatic carbocycles. The van der Waals surface area contributed by atoms with Crippen LogP contribution >= 0.6 is 11.6 Å². The van der Waals surface area contributed by atoms with E-state index < -0.39 is 16.0 Å². The van der Waals surface area contributed by atoms with E-state index in [0.29, 0.717) is 0 Å². The van der Waals surface area contributed by atoms with Gasteiger partial charge in [0, 0.05) is 0 Å². The summed E-state index contributed by atoms with van der Waals surface area (Å²) in [6.07, 6.45) is 0. The van der Waals surface area contributed by atoms with Crippen LogP contribution in [0.3, 0.4) is 0 Å². The molecule has 0 radical (unpaired) electrons. The van der Waals surface area contributed by atoms with Crippen molar-refractivity contribution in [2.45, 2.75) is 0 Å². The zero-order chi connectivity index (χ0) is 10.0. The van der Waals surface area contributed by atoms with Gasteiger partial charge in [0.25, 0.3) is 5.24 Å². The fraction of sp³-hybridized carbons (Fsp3) is 0. The monoisotopic (exact) mass is 201 g/mol. The summed E-state index contributed by atoms with van der Waals surface area (Å²) in [6, 6.07) is 2.39. The van der Waals surface area contributed by atoms with Gasteiger partial charge in [0.1, 0.15) is 10.7 Å². The normalized spacial score (nSPS) is 9.62. The number of allylic oxidation sites excluding steroid dienone is 1. The Balaban J connectivity index is 2.99. The van der Waals surface area contributed by atoms with Gasteiger partial charge in [0.2, 0.25) is 0 Å². The maximum Gasteiger partial charge on any atom is 0.433 e. The fourth-order valence-electron chi connectivity index (χ4n) is 0.685. The second-order valence-electron chi connectivity index (χ2n) is 2.15. The van der Waals surface area contributed by atoms with Crippen LogP contribution in [0.15, 0.2) is 23.1 Å². The minimum Gasteiger partial charge on any atom is -0.401 e. The minimum absolute atomic E-state index is 0.00620. The van der Waals surface area contributed by atoms with Crippen molar-refractivity contribution < 1.29 is 14.1 Å². The third kappa shape index (κ3) is 1.94. The Labute approximate surface area is 77.7 Å². The summed E-state index contributed by atoms with van der Waals surface area (Å²) in [7, 11) is 0. The van der Waals surface area contributed by atoms with Gasteiger partial charge < -0.3 is 4.42 Å². The number of halogens is 1. The summed E-state index contributed by atoms with van der Waals surface area (Å²) in [5, 5.41) is 9.37. The van der Waals surface area contributed by atoms with E-state index >= 15 is 0 Å². The zero-order valence-electron chi connectivity index (χ0n) is 6.32. The van der Waals surface area contributed by atoms with Crippen LogP contribution in [0, 0.1) is 10.1 Å². The van der Waals surface area contributed by atoms with Gasteiger partial charge in [-0.1, -0.05) is 6.58 Å². The molecule has 0 atom stereocenters. The second-order valence-corrected chi connectivity index (χ2v) is 2.49. The summed E-state index contributed by atoms with van der Waals surface area (Å²) in [5.41, 5.74) is -0.102. The third-order valence-electron chi connectivity index (χ3n) is 1.31. The van der Waals surface area contributed by atoms with E-state index in [2.05, 4.69) is 11.0 Å². The van der Waals surface area contributed by atoms with E-state index in [1.165, 1.54) is 6.07 Å². The van der Waals surface area contributed by atoms with Crippen molar-refractivity contribution in [1.82, 2.24) is 0 Å². The van der Waals surface area contributed by atoms with E-state index in [-0.39, 0.29) is 11.3 Å². The number of hydrogen-bond acceptors (Lipinski definition) is 4. The lowest BCUT2D eigenvalue weighted by Gasteiger charge is -1.91. The minimum atomic E-state index is -0.802. The van der Waals surface area contributed by atoms with E-state index in [1.807, 2.05) is 0 Å². The predicted molar refractivity (Wildman–Crippen MR) is 45.3 cm³/mol. The van der Waals surface area contributed by atoms with Crippen molar-refractivity contribution >= 4 is 28.3 Å². The fourth-order valence-corrected chi connectivity index (χ4v) is 0.778. The van der Waals surface area contributed by atoms with Crippen molar-refractivity contribution in [2.24, 2.45) is 0 Å². The average Bonchev–Trinajstić information content (AvgIpc) is 2.50. The van der Waals surface area contributed by atoms with Gasteiger partial charge in [0.15, 0.2) is 0 Å². The van der Waals surface area contributed by atoms with Gasteiger partial charge in [-0.05, 0) is 17.7 Å². The molecule has 1 heterocycles. The van der Waals surface area contributed by atoms with Gasteiger partial charge in [0.05, 0.1) is 11.6 Å². The molecule has 5 nitrogen and oxygen atoms in total. The highest BCUT2D eigenvalue weighted by Crippen LogP contribution is 2.22. The van der Waals surface area contributed by atoms with Crippen molar-refractivity contribution in [3.63, 3.8) is 0 Å². The molecule has 0 aliphatic carbocycles. The molecule has 68 valence electrons. The lowest BCUT2D eigenvalue weighted by molar-refractivity contribution is -0.402. The molecule has 6 heteroatoms. The first kappa shape index (κ1) is 9.47. The number of carbonyl (C=O) groups excluding carboxylic acids is 1. The lowest BCUT2D eigenvalue weighted by Crippen LogP contribution is -1.88. The highest BCUT2D eigenvalue weighted by molar-refractivity contribution is 6.74. The molecular formula is C7H4ClNO4. The molecule has 1 aromatic rings. The number of rotatable bonds is 3. The predicted octanol–water partition coefficient (Wildman–Crippen LogP) is 1.97. The first-order valence-electron chi connectivity index (χ1n) is 3.15. The smallest absolute Gasteiger partial charge is 0.401 e. The quantitative estimate of drug-likeness (QED) is 0.324. The van der Waals surface area contributed by atoms with Crippen molar-refractivity contribution in [2.75, 3.05) is 0 Å². The Morgan fingerprint density at radius 3 is 2.62 bits per heavy atom. The summed E-state index contributed by atoms with van der Waals surface area (Å²) < 4.78 is 4.66. The second kappa shape index (κ2) is 3.40. The number of nitro groups is 1. The van der Waals surface area contributed by atoms with Crippen molar-refractivity contribution in [3.8, 4) is 0 Å². The topological polar surface area (TPSA) is 73.3 Å². The van der Waals surface area contributed by atoms with Crippen LogP contribution in [-0.4, -0.2) is 10.2 Å². The van der Waals surface area contributed by atoms with Crippen LogP contribution < -0.4 is 0 Å². The molecule has 0 aliphatic rings. The van der Waals surface area contributed by atoms with E-state index in [9.17, 15) is 14.9 Å². The Morgan fingerprint density at radius 2 is 2.23 bits per heavy atom. The molecular weight excluding hydrogens is 198 g/mol. The van der Waals surface area contributed by atoms with Crippen LogP contribution in [-0.2, 0) is 4.79 Å². The number of nitrogens with zero attached hydrogens (tertiary/aromatic N) is 1. The van der Waals surface area contributed by atoms with Crippen LogP contribution in [0.2, 0.25) is 0 Å². The molecule has 1 aromatic heterocycles. The Bertz CT molecular complexity index is 382. The molecule has 0 bridgehead atoms. The van der Waals surface area contributed by atoms with Gasteiger partial charge in [-0.3, -0.25) is 14.9 Å². The van der Waals surface area contributed by atoms with E-state index in [4.69, 9.17) is 11.6 Å². The first-order valence-corrected chi connectivity index (χ1v) is 3.53. The number of furan rings is 1. The molecule has 0 spiro atoms. The Morgan fingerprint density at radius 1 is 1.62 bits per heavy atom. The van der Waals surface area contributed by atoms with Gasteiger partial charge >= 0.3 is 5.88 Å². The maximum atomic E-state index is 10.6. The molecule has 0 aliphatic heterocycles. The lowest BCUT2D eigenvalue weighted by atomic mass is 10.2. The summed E-state index contributed by atoms with van der Waals surface area (Å²) in [4.78, 5) is 20.0. The van der Waals surface area contributed by atoms with Crippen LogP contribution in [0.5, 0.6) is 0 Å². The van der Waals surface area contributed by atoms with Crippen LogP contribution in [0.1, 0.15) is 5.76 Å². The Hall–Kier alpha value is -1.62. The molecule has 0 fully saturated rings. The van der Waals surface area contributed by atoms with Gasteiger partial charge in [-0.25, -0.2) is 0 Å². The number of carbonyl (C=O) groups is 1. The number of hydrogen-bond donors (Lipinski definition) is 0. The molecule has 0 saturated carbocycles. The standard InChI is InChI=1S/C7H4ClNO4/c1-4(7(8)10)5-2-3-6(13-5)9(11)12/h2-3H,1H2. The largest absolute Gasteiger partial charge is 0.433 e. The summed E-state index contributed by atoms with van der Waals surface area (Å²) >= 11 is 5.08. The SMILES string of the molecule is C=C(C(=O)Cl)c1ccc([N+](=O)[O-])o1. The van der Waals surface area contributed by atoms with Crippen LogP contribution in [0.4, 0.5) is 5.88 Å². The molecule has 0 N–H and O–H groups in total. The van der Waals surface area contributed by atoms with E-state index in [0.717, 1.165) is 6.07 Å². The molecule has 0 unspecified atom stereocenters. The molecule has 0 saturated heterocycles. The average molecular weight is 202 g/mol. The molecule has 13 heavy (non-hydrogen) atoms. The third-order valence-corrected chi connectivity index (χ3v) is 1.53. The summed E-state index contributed by atoms with van der Waals surface area (Å²) in [5.74, 6) is -0.444. The van der Waals surface area contributed by atoms with E-state index in [1.54, 1.807) is 0 Å². The van der Waals surface area contributed by atoms with Crippen LogP contribution in [0.25, 0.3) is 5.57 Å². The van der Waals surface area contributed by atoms with Crippen molar-refractivity contribution in [3.05, 3.63) is 34.6 Å². The first-order chi connectivity index (χ1) is 6.02. The van der Waals surface area contributed by atoms with Crippen molar-refractivity contribution in [1.29, 1.82) is 0 Å². The summed E-state index contributed by atoms with van der Waals surface area (Å²) in [6.45, 7) is 3.30. The molecule has 0 amide bonds. The highest BCUT2D eigenvalue weighted by atomic mass is 35.5. The zero-order valence-corrected chi connectivity index (χ0v) is 7.08.